The molecule has 3 aromatic rings. The van der Waals surface area contributed by atoms with Crippen molar-refractivity contribution in [1.29, 1.82) is 0 Å². The maximum atomic E-state index is 6.24. The van der Waals surface area contributed by atoms with Gasteiger partial charge in [0.15, 0.2) is 0 Å². The Labute approximate surface area is 199 Å². The van der Waals surface area contributed by atoms with E-state index in [4.69, 9.17) is 32.9 Å². The van der Waals surface area contributed by atoms with E-state index in [1.807, 2.05) is 30.5 Å². The fourth-order valence-electron chi connectivity index (χ4n) is 4.84. The lowest BCUT2D eigenvalue weighted by atomic mass is 10.0. The predicted octanol–water partition coefficient (Wildman–Crippen LogP) is 6.46. The molecule has 4 nitrogen and oxygen atoms in total. The molecule has 2 aliphatic heterocycles. The summed E-state index contributed by atoms with van der Waals surface area (Å²) in [5, 5.41) is 4.73. The third-order valence-corrected chi connectivity index (χ3v) is 6.81. The second-order valence-corrected chi connectivity index (χ2v) is 9.68. The molecule has 0 radical (unpaired) electrons. The first-order valence-electron chi connectivity index (χ1n) is 11.3. The first-order valence-corrected chi connectivity index (χ1v) is 12.0. The molecule has 0 saturated carbocycles. The monoisotopic (exact) mass is 467 g/mol. The van der Waals surface area contributed by atoms with E-state index in [0.717, 1.165) is 79.3 Å². The third kappa shape index (κ3) is 4.73. The van der Waals surface area contributed by atoms with Crippen LogP contribution in [0.5, 0.6) is 11.5 Å². The van der Waals surface area contributed by atoms with E-state index in [1.54, 1.807) is 6.07 Å². The van der Waals surface area contributed by atoms with Crippen molar-refractivity contribution in [3.05, 3.63) is 70.3 Å². The molecule has 5 rings (SSSR count). The number of anilines is 1. The van der Waals surface area contributed by atoms with Gasteiger partial charge < -0.3 is 15.0 Å². The second-order valence-electron chi connectivity index (χ2n) is 8.81. The summed E-state index contributed by atoms with van der Waals surface area (Å²) in [6, 6.07) is 16.0. The average molecular weight is 468 g/mol. The number of nitrogens with one attached hydrogen (secondary N) is 1. The molecule has 2 fully saturated rings. The van der Waals surface area contributed by atoms with Gasteiger partial charge in [0.2, 0.25) is 0 Å². The van der Waals surface area contributed by atoms with Gasteiger partial charge in [0.1, 0.15) is 17.3 Å². The Bertz CT molecular complexity index is 1070. The molecule has 2 aromatic carbocycles. The van der Waals surface area contributed by atoms with E-state index < -0.39 is 0 Å². The Morgan fingerprint density at radius 2 is 1.66 bits per heavy atom. The number of ether oxygens (including phenoxy) is 1. The van der Waals surface area contributed by atoms with Gasteiger partial charge in [0.05, 0.1) is 6.20 Å². The normalized spacial score (nSPS) is 19.9. The molecule has 2 aliphatic rings. The third-order valence-electron chi connectivity index (χ3n) is 6.37. The first kappa shape index (κ1) is 21.6. The van der Waals surface area contributed by atoms with E-state index in [9.17, 15) is 0 Å². The lowest BCUT2D eigenvalue weighted by molar-refractivity contribution is 0.479. The number of aromatic nitrogens is 1. The molecule has 6 heteroatoms. The lowest BCUT2D eigenvalue weighted by Gasteiger charge is -2.18. The average Bonchev–Trinajstić information content (AvgIpc) is 3.36. The van der Waals surface area contributed by atoms with Crippen molar-refractivity contribution >= 4 is 29.0 Å². The molecule has 3 heterocycles. The number of rotatable bonds is 6. The number of hydrogen-bond donors (Lipinski definition) is 1. The van der Waals surface area contributed by atoms with Gasteiger partial charge in [-0.2, -0.15) is 0 Å². The van der Waals surface area contributed by atoms with Crippen LogP contribution in [0.1, 0.15) is 18.9 Å². The van der Waals surface area contributed by atoms with Gasteiger partial charge in [0.25, 0.3) is 0 Å². The smallest absolute Gasteiger partial charge is 0.145 e. The first-order chi connectivity index (χ1) is 15.6. The van der Waals surface area contributed by atoms with Crippen LogP contribution in [0.15, 0.2) is 54.7 Å². The van der Waals surface area contributed by atoms with Crippen molar-refractivity contribution in [2.45, 2.75) is 19.8 Å². The maximum Gasteiger partial charge on any atom is 0.145 e. The fourth-order valence-corrected chi connectivity index (χ4v) is 5.36. The van der Waals surface area contributed by atoms with Crippen LogP contribution >= 0.6 is 23.2 Å². The highest BCUT2D eigenvalue weighted by molar-refractivity contribution is 6.35. The molecule has 166 valence electrons. The zero-order valence-electron chi connectivity index (χ0n) is 18.2. The van der Waals surface area contributed by atoms with Gasteiger partial charge in [0, 0.05) is 36.2 Å². The summed E-state index contributed by atoms with van der Waals surface area (Å²) in [7, 11) is 0. The standard InChI is InChI=1S/C26H27Cl2N3O/c1-2-3-17-6-18(19-8-22(27)11-23(28)9-19)10-25(7-17)32-24-4-5-26(30-14-24)31-15-20-12-29-13-21(20)16-31/h4-11,14,20-21,29H,2-3,12-13,15-16H2,1H3. The molecule has 0 aliphatic carbocycles. The quantitative estimate of drug-likeness (QED) is 0.451. The van der Waals surface area contributed by atoms with Crippen molar-refractivity contribution in [3.8, 4) is 22.6 Å². The Kier molecular flexibility index (Phi) is 6.27. The summed E-state index contributed by atoms with van der Waals surface area (Å²) in [4.78, 5) is 7.08. The zero-order valence-corrected chi connectivity index (χ0v) is 19.7. The van der Waals surface area contributed by atoms with Crippen molar-refractivity contribution in [2.24, 2.45) is 11.8 Å². The molecule has 0 bridgehead atoms. The molecule has 32 heavy (non-hydrogen) atoms. The van der Waals surface area contributed by atoms with Crippen LogP contribution in [0.2, 0.25) is 10.0 Å². The summed E-state index contributed by atoms with van der Waals surface area (Å²) >= 11 is 12.5. The number of hydrogen-bond acceptors (Lipinski definition) is 4. The number of nitrogens with zero attached hydrogens (tertiary/aromatic N) is 2. The van der Waals surface area contributed by atoms with E-state index in [-0.39, 0.29) is 0 Å². The van der Waals surface area contributed by atoms with Crippen LogP contribution in [0.4, 0.5) is 5.82 Å². The summed E-state index contributed by atoms with van der Waals surface area (Å²) < 4.78 is 6.22. The van der Waals surface area contributed by atoms with Gasteiger partial charge in [-0.3, -0.25) is 0 Å². The van der Waals surface area contributed by atoms with E-state index >= 15 is 0 Å². The van der Waals surface area contributed by atoms with Crippen LogP contribution in [-0.2, 0) is 6.42 Å². The van der Waals surface area contributed by atoms with Crippen molar-refractivity contribution < 1.29 is 4.74 Å². The zero-order chi connectivity index (χ0) is 22.1. The highest BCUT2D eigenvalue weighted by Crippen LogP contribution is 2.34. The number of benzene rings is 2. The van der Waals surface area contributed by atoms with Gasteiger partial charge in [-0.25, -0.2) is 4.98 Å². The molecule has 1 N–H and O–H groups in total. The number of fused-ring (bicyclic) bond motifs is 1. The van der Waals surface area contributed by atoms with Gasteiger partial charge >= 0.3 is 0 Å². The minimum Gasteiger partial charge on any atom is -0.456 e. The second kappa shape index (κ2) is 9.30. The van der Waals surface area contributed by atoms with E-state index in [0.29, 0.717) is 10.0 Å². The van der Waals surface area contributed by atoms with Crippen LogP contribution in [0.3, 0.4) is 0 Å². The fraction of sp³-hybridized carbons (Fsp3) is 0.346. The maximum absolute atomic E-state index is 6.24. The number of aryl methyl sites for hydroxylation is 1. The largest absolute Gasteiger partial charge is 0.456 e. The van der Waals surface area contributed by atoms with Crippen LogP contribution in [0, 0.1) is 11.8 Å². The van der Waals surface area contributed by atoms with Crippen molar-refractivity contribution in [1.82, 2.24) is 10.3 Å². The topological polar surface area (TPSA) is 37.4 Å². The number of halogens is 2. The van der Waals surface area contributed by atoms with Gasteiger partial charge in [-0.05, 0) is 77.4 Å². The molecule has 2 atom stereocenters. The lowest BCUT2D eigenvalue weighted by Crippen LogP contribution is -2.26. The molecule has 0 amide bonds. The van der Waals surface area contributed by atoms with Crippen LogP contribution < -0.4 is 15.0 Å². The predicted molar refractivity (Wildman–Crippen MR) is 132 cm³/mol. The van der Waals surface area contributed by atoms with Crippen molar-refractivity contribution in [2.75, 3.05) is 31.1 Å². The molecule has 0 spiro atoms. The Hall–Kier alpha value is -2.27. The van der Waals surface area contributed by atoms with E-state index in [1.165, 1.54) is 5.56 Å². The van der Waals surface area contributed by atoms with E-state index in [2.05, 4.69) is 35.3 Å². The Morgan fingerprint density at radius 1 is 0.938 bits per heavy atom. The minimum absolute atomic E-state index is 0.623. The highest BCUT2D eigenvalue weighted by atomic mass is 35.5. The van der Waals surface area contributed by atoms with Gasteiger partial charge in [-0.15, -0.1) is 0 Å². The highest BCUT2D eigenvalue weighted by Gasteiger charge is 2.36. The summed E-state index contributed by atoms with van der Waals surface area (Å²) in [6.45, 7) is 6.58. The van der Waals surface area contributed by atoms with Gasteiger partial charge in [-0.1, -0.05) is 42.6 Å². The Morgan fingerprint density at radius 3 is 2.31 bits per heavy atom. The summed E-state index contributed by atoms with van der Waals surface area (Å²) in [6.07, 6.45) is 3.86. The summed E-state index contributed by atoms with van der Waals surface area (Å²) in [5.74, 6) is 4.04. The molecular weight excluding hydrogens is 441 g/mol. The Balaban J connectivity index is 1.36. The molecule has 2 unspecified atom stereocenters. The SMILES string of the molecule is CCCc1cc(Oc2ccc(N3CC4CNCC4C3)nc2)cc(-c2cc(Cl)cc(Cl)c2)c1. The number of pyridine rings is 1. The van der Waals surface area contributed by atoms with Crippen molar-refractivity contribution in [3.63, 3.8) is 0 Å². The molecule has 1 aromatic heterocycles. The van der Waals surface area contributed by atoms with Crippen LogP contribution in [0.25, 0.3) is 11.1 Å². The molecule has 2 saturated heterocycles. The molecular formula is C26H27Cl2N3O. The van der Waals surface area contributed by atoms with Crippen LogP contribution in [-0.4, -0.2) is 31.2 Å². The summed E-state index contributed by atoms with van der Waals surface area (Å²) in [5.41, 5.74) is 3.24. The minimum atomic E-state index is 0.623.